The molecule has 1 aromatic heterocycles. The monoisotopic (exact) mass is 289 g/mol. The standard InChI is InChI=1S/C16H27N5/c1-10-11(2)19-20-15(13(10)14(17)18)21-8-6-12(7-9-21)16(3,4)5/h12H,6-9H2,1-5H3,(H3,17,18). The maximum absolute atomic E-state index is 7.85. The molecule has 0 aliphatic carbocycles. The van der Waals surface area contributed by atoms with Crippen LogP contribution in [0, 0.1) is 30.6 Å². The van der Waals surface area contributed by atoms with Crippen LogP contribution in [0.15, 0.2) is 0 Å². The molecule has 1 fully saturated rings. The summed E-state index contributed by atoms with van der Waals surface area (Å²) in [6, 6.07) is 0. The first kappa shape index (κ1) is 15.7. The molecule has 0 aromatic carbocycles. The Morgan fingerprint density at radius 2 is 1.76 bits per heavy atom. The molecule has 1 aromatic rings. The van der Waals surface area contributed by atoms with Gasteiger partial charge in [-0.25, -0.2) is 0 Å². The molecular weight excluding hydrogens is 262 g/mol. The van der Waals surface area contributed by atoms with Crippen molar-refractivity contribution in [1.82, 2.24) is 10.2 Å². The van der Waals surface area contributed by atoms with E-state index in [1.165, 1.54) is 0 Å². The zero-order chi connectivity index (χ0) is 15.8. The Morgan fingerprint density at radius 3 is 2.24 bits per heavy atom. The number of aryl methyl sites for hydroxylation is 1. The first-order chi connectivity index (χ1) is 9.71. The predicted molar refractivity (Wildman–Crippen MR) is 86.9 cm³/mol. The number of piperidine rings is 1. The molecule has 21 heavy (non-hydrogen) atoms. The van der Waals surface area contributed by atoms with E-state index in [9.17, 15) is 0 Å². The van der Waals surface area contributed by atoms with Crippen LogP contribution in [-0.4, -0.2) is 29.1 Å². The predicted octanol–water partition coefficient (Wildman–Crippen LogP) is 2.64. The van der Waals surface area contributed by atoms with E-state index in [2.05, 4.69) is 35.9 Å². The zero-order valence-corrected chi connectivity index (χ0v) is 13.8. The number of rotatable bonds is 2. The van der Waals surface area contributed by atoms with Gasteiger partial charge in [-0.2, -0.15) is 5.10 Å². The molecule has 0 atom stereocenters. The largest absolute Gasteiger partial charge is 0.384 e. The van der Waals surface area contributed by atoms with Crippen LogP contribution in [0.5, 0.6) is 0 Å². The maximum Gasteiger partial charge on any atom is 0.162 e. The van der Waals surface area contributed by atoms with Crippen molar-refractivity contribution in [2.75, 3.05) is 18.0 Å². The second kappa shape index (κ2) is 5.62. The molecule has 0 spiro atoms. The Labute approximate surface area is 127 Å². The number of nitrogen functional groups attached to an aromatic ring is 1. The lowest BCUT2D eigenvalue weighted by Crippen LogP contribution is -2.39. The van der Waals surface area contributed by atoms with Crippen LogP contribution in [0.4, 0.5) is 5.82 Å². The fourth-order valence-electron chi connectivity index (χ4n) is 3.10. The van der Waals surface area contributed by atoms with E-state index in [0.29, 0.717) is 5.41 Å². The molecule has 5 heteroatoms. The van der Waals surface area contributed by atoms with Gasteiger partial charge in [0.05, 0.1) is 11.3 Å². The van der Waals surface area contributed by atoms with Gasteiger partial charge in [0.2, 0.25) is 0 Å². The van der Waals surface area contributed by atoms with Gasteiger partial charge in [0.25, 0.3) is 0 Å². The third-order valence-electron chi connectivity index (χ3n) is 4.72. The van der Waals surface area contributed by atoms with Crippen molar-refractivity contribution in [3.63, 3.8) is 0 Å². The van der Waals surface area contributed by atoms with Gasteiger partial charge in [-0.3, -0.25) is 5.41 Å². The summed E-state index contributed by atoms with van der Waals surface area (Å²) in [6.07, 6.45) is 2.30. The molecule has 2 rings (SSSR count). The van der Waals surface area contributed by atoms with E-state index in [-0.39, 0.29) is 5.84 Å². The highest BCUT2D eigenvalue weighted by Crippen LogP contribution is 2.36. The molecule has 2 heterocycles. The summed E-state index contributed by atoms with van der Waals surface area (Å²) in [4.78, 5) is 2.23. The molecule has 116 valence electrons. The molecule has 0 bridgehead atoms. The average Bonchev–Trinajstić information content (AvgIpc) is 2.40. The van der Waals surface area contributed by atoms with Gasteiger partial charge in [-0.05, 0) is 43.6 Å². The van der Waals surface area contributed by atoms with Gasteiger partial charge in [-0.1, -0.05) is 20.8 Å². The van der Waals surface area contributed by atoms with Crippen LogP contribution < -0.4 is 10.6 Å². The average molecular weight is 289 g/mol. The topological polar surface area (TPSA) is 78.9 Å². The Morgan fingerprint density at radius 1 is 1.19 bits per heavy atom. The first-order valence-electron chi connectivity index (χ1n) is 7.65. The second-order valence-corrected chi connectivity index (χ2v) is 7.15. The van der Waals surface area contributed by atoms with Crippen LogP contribution in [0.25, 0.3) is 0 Å². The highest BCUT2D eigenvalue weighted by Gasteiger charge is 2.30. The van der Waals surface area contributed by atoms with E-state index in [0.717, 1.165) is 54.5 Å². The van der Waals surface area contributed by atoms with E-state index in [1.807, 2.05) is 13.8 Å². The van der Waals surface area contributed by atoms with Crippen LogP contribution >= 0.6 is 0 Å². The van der Waals surface area contributed by atoms with Crippen LogP contribution in [-0.2, 0) is 0 Å². The molecule has 0 radical (unpaired) electrons. The van der Waals surface area contributed by atoms with Gasteiger partial charge in [0.1, 0.15) is 5.84 Å². The number of hydrogen-bond donors (Lipinski definition) is 2. The highest BCUT2D eigenvalue weighted by molar-refractivity contribution is 6.01. The van der Waals surface area contributed by atoms with Gasteiger partial charge >= 0.3 is 0 Å². The number of nitrogens with zero attached hydrogens (tertiary/aromatic N) is 3. The summed E-state index contributed by atoms with van der Waals surface area (Å²) in [5.74, 6) is 1.59. The first-order valence-corrected chi connectivity index (χ1v) is 7.65. The summed E-state index contributed by atoms with van der Waals surface area (Å²) in [7, 11) is 0. The molecule has 1 aliphatic heterocycles. The lowest BCUT2D eigenvalue weighted by molar-refractivity contribution is 0.198. The smallest absolute Gasteiger partial charge is 0.162 e. The number of hydrogen-bond acceptors (Lipinski definition) is 4. The number of amidine groups is 1. The Balaban J connectivity index is 2.25. The Kier molecular flexibility index (Phi) is 4.21. The third-order valence-corrected chi connectivity index (χ3v) is 4.72. The number of anilines is 1. The van der Waals surface area contributed by atoms with Crippen molar-refractivity contribution in [2.45, 2.75) is 47.5 Å². The molecule has 5 nitrogen and oxygen atoms in total. The molecular formula is C16H27N5. The minimum atomic E-state index is 0.0819. The lowest BCUT2D eigenvalue weighted by Gasteiger charge is -2.39. The molecule has 0 unspecified atom stereocenters. The Bertz CT molecular complexity index is 536. The zero-order valence-electron chi connectivity index (χ0n) is 13.8. The van der Waals surface area contributed by atoms with E-state index in [1.54, 1.807) is 0 Å². The van der Waals surface area contributed by atoms with Crippen LogP contribution in [0.3, 0.4) is 0 Å². The summed E-state index contributed by atoms with van der Waals surface area (Å²) in [6.45, 7) is 12.7. The minimum absolute atomic E-state index is 0.0819. The summed E-state index contributed by atoms with van der Waals surface area (Å²) in [5.41, 5.74) is 8.68. The summed E-state index contributed by atoms with van der Waals surface area (Å²) in [5, 5.41) is 16.4. The van der Waals surface area contributed by atoms with Gasteiger partial charge in [-0.15, -0.1) is 5.10 Å². The van der Waals surface area contributed by atoms with Crippen LogP contribution in [0.2, 0.25) is 0 Å². The van der Waals surface area contributed by atoms with Crippen molar-refractivity contribution >= 4 is 11.7 Å². The lowest BCUT2D eigenvalue weighted by atomic mass is 9.75. The molecule has 3 N–H and O–H groups in total. The summed E-state index contributed by atoms with van der Waals surface area (Å²) >= 11 is 0. The van der Waals surface area contributed by atoms with Crippen LogP contribution in [0.1, 0.15) is 50.4 Å². The van der Waals surface area contributed by atoms with E-state index < -0.39 is 0 Å². The van der Waals surface area contributed by atoms with Crippen molar-refractivity contribution in [3.05, 3.63) is 16.8 Å². The molecule has 1 saturated heterocycles. The van der Waals surface area contributed by atoms with Crippen molar-refractivity contribution in [1.29, 1.82) is 5.41 Å². The van der Waals surface area contributed by atoms with Gasteiger partial charge in [0, 0.05) is 13.1 Å². The quantitative estimate of drug-likeness (QED) is 0.648. The minimum Gasteiger partial charge on any atom is -0.384 e. The third kappa shape index (κ3) is 3.17. The number of aromatic nitrogens is 2. The highest BCUT2D eigenvalue weighted by atomic mass is 15.3. The number of nitrogens with two attached hydrogens (primary N) is 1. The van der Waals surface area contributed by atoms with Gasteiger partial charge < -0.3 is 10.6 Å². The second-order valence-electron chi connectivity index (χ2n) is 7.15. The van der Waals surface area contributed by atoms with Gasteiger partial charge in [0.15, 0.2) is 5.82 Å². The molecule has 0 saturated carbocycles. The molecule has 1 aliphatic rings. The van der Waals surface area contributed by atoms with E-state index in [4.69, 9.17) is 11.1 Å². The normalized spacial score (nSPS) is 17.1. The van der Waals surface area contributed by atoms with Crippen molar-refractivity contribution in [2.24, 2.45) is 17.1 Å². The maximum atomic E-state index is 7.85. The SMILES string of the molecule is Cc1nnc(N2CCC(C(C)(C)C)CC2)c(C(=N)N)c1C. The fourth-order valence-corrected chi connectivity index (χ4v) is 3.10. The van der Waals surface area contributed by atoms with Crippen molar-refractivity contribution in [3.8, 4) is 0 Å². The van der Waals surface area contributed by atoms with Crippen molar-refractivity contribution < 1.29 is 0 Å². The molecule has 0 amide bonds. The van der Waals surface area contributed by atoms with E-state index >= 15 is 0 Å². The number of nitrogens with one attached hydrogen (secondary N) is 1. The fraction of sp³-hybridized carbons (Fsp3) is 0.688. The Hall–Kier alpha value is -1.65. The summed E-state index contributed by atoms with van der Waals surface area (Å²) < 4.78 is 0.